The minimum Gasteiger partial charge on any atom is -0.436 e. The van der Waals surface area contributed by atoms with E-state index in [0.29, 0.717) is 11.8 Å². The fourth-order valence-electron chi connectivity index (χ4n) is 5.22. The Kier molecular flexibility index (Phi) is 7.07. The number of amides is 1. The molecule has 2 aliphatic rings. The highest BCUT2D eigenvalue weighted by Gasteiger charge is 2.32. The summed E-state index contributed by atoms with van der Waals surface area (Å²) < 4.78 is 6.13. The number of aryl methyl sites for hydroxylation is 2. The van der Waals surface area contributed by atoms with Gasteiger partial charge in [-0.2, -0.15) is 0 Å². The summed E-state index contributed by atoms with van der Waals surface area (Å²) in [5, 5.41) is 0. The molecule has 2 aromatic carbocycles. The zero-order valence-electron chi connectivity index (χ0n) is 21.5. The predicted molar refractivity (Wildman–Crippen MR) is 143 cm³/mol. The van der Waals surface area contributed by atoms with Crippen molar-refractivity contribution in [1.29, 1.82) is 0 Å². The number of carbonyl (C=O) groups is 1. The summed E-state index contributed by atoms with van der Waals surface area (Å²) in [5.74, 6) is 2.40. The number of benzene rings is 2. The van der Waals surface area contributed by atoms with Crippen molar-refractivity contribution in [3.05, 3.63) is 71.5 Å². The van der Waals surface area contributed by atoms with Crippen molar-refractivity contribution >= 4 is 17.4 Å². The summed E-state index contributed by atoms with van der Waals surface area (Å²) in [6.45, 7) is 11.2. The van der Waals surface area contributed by atoms with E-state index in [9.17, 15) is 4.79 Å². The SMILES string of the molecule is Cc1ccccc1Oc1nccnc1N1CCC(C(=O)N2CCN(c3cccc(C)c3C)CC2)CC1. The van der Waals surface area contributed by atoms with Gasteiger partial charge in [0, 0.05) is 63.3 Å². The number of piperazine rings is 1. The van der Waals surface area contributed by atoms with Crippen molar-refractivity contribution in [3.8, 4) is 11.6 Å². The fourth-order valence-corrected chi connectivity index (χ4v) is 5.22. The summed E-state index contributed by atoms with van der Waals surface area (Å²) in [4.78, 5) is 29.1. The number of anilines is 2. The maximum Gasteiger partial charge on any atom is 0.263 e. The van der Waals surface area contributed by atoms with Crippen molar-refractivity contribution in [1.82, 2.24) is 14.9 Å². The van der Waals surface area contributed by atoms with E-state index in [1.807, 2.05) is 31.2 Å². The number of nitrogens with zero attached hydrogens (tertiary/aromatic N) is 5. The van der Waals surface area contributed by atoms with Gasteiger partial charge in [0.2, 0.25) is 5.91 Å². The quantitative estimate of drug-likeness (QED) is 0.519. The Morgan fingerprint density at radius 2 is 1.50 bits per heavy atom. The lowest BCUT2D eigenvalue weighted by Crippen LogP contribution is -2.52. The maximum absolute atomic E-state index is 13.3. The molecule has 188 valence electrons. The van der Waals surface area contributed by atoms with E-state index in [0.717, 1.165) is 69.2 Å². The highest BCUT2D eigenvalue weighted by Crippen LogP contribution is 2.33. The second kappa shape index (κ2) is 10.6. The third kappa shape index (κ3) is 5.01. The summed E-state index contributed by atoms with van der Waals surface area (Å²) in [6.07, 6.45) is 4.99. The molecule has 3 aromatic rings. The fraction of sp³-hybridized carbons (Fsp3) is 0.414. The number of aromatic nitrogens is 2. The van der Waals surface area contributed by atoms with Crippen LogP contribution in [-0.4, -0.2) is 60.0 Å². The summed E-state index contributed by atoms with van der Waals surface area (Å²) in [5.41, 5.74) is 4.99. The molecule has 7 nitrogen and oxygen atoms in total. The van der Waals surface area contributed by atoms with Gasteiger partial charge in [-0.25, -0.2) is 9.97 Å². The molecule has 0 spiro atoms. The molecule has 1 amide bonds. The molecule has 2 fully saturated rings. The van der Waals surface area contributed by atoms with Crippen molar-refractivity contribution in [3.63, 3.8) is 0 Å². The van der Waals surface area contributed by atoms with Gasteiger partial charge in [-0.1, -0.05) is 30.3 Å². The van der Waals surface area contributed by atoms with Crippen molar-refractivity contribution in [2.75, 3.05) is 49.1 Å². The number of ether oxygens (including phenoxy) is 1. The van der Waals surface area contributed by atoms with Crippen molar-refractivity contribution in [2.45, 2.75) is 33.6 Å². The molecule has 0 atom stereocenters. The van der Waals surface area contributed by atoms with Crippen LogP contribution in [0.15, 0.2) is 54.9 Å². The Morgan fingerprint density at radius 3 is 2.25 bits per heavy atom. The molecule has 0 N–H and O–H groups in total. The summed E-state index contributed by atoms with van der Waals surface area (Å²) >= 11 is 0. The van der Waals surface area contributed by atoms with E-state index in [1.165, 1.54) is 16.8 Å². The molecule has 2 saturated heterocycles. The molecule has 0 saturated carbocycles. The monoisotopic (exact) mass is 485 g/mol. The number of hydrogen-bond donors (Lipinski definition) is 0. The summed E-state index contributed by atoms with van der Waals surface area (Å²) in [6, 6.07) is 14.4. The number of para-hydroxylation sites is 1. The van der Waals surface area contributed by atoms with Gasteiger partial charge in [0.25, 0.3) is 5.88 Å². The van der Waals surface area contributed by atoms with Gasteiger partial charge in [-0.05, 0) is 62.4 Å². The molecular weight excluding hydrogens is 450 g/mol. The molecule has 3 heterocycles. The minimum absolute atomic E-state index is 0.0610. The Hall–Kier alpha value is -3.61. The number of rotatable bonds is 5. The lowest BCUT2D eigenvalue weighted by Gasteiger charge is -2.40. The van der Waals surface area contributed by atoms with Crippen LogP contribution < -0.4 is 14.5 Å². The smallest absolute Gasteiger partial charge is 0.263 e. The lowest BCUT2D eigenvalue weighted by molar-refractivity contribution is -0.136. The average molecular weight is 486 g/mol. The van der Waals surface area contributed by atoms with Gasteiger partial charge < -0.3 is 19.4 Å². The third-order valence-electron chi connectivity index (χ3n) is 7.60. The van der Waals surface area contributed by atoms with Crippen LogP contribution in [0.2, 0.25) is 0 Å². The average Bonchev–Trinajstić information content (AvgIpc) is 2.92. The Morgan fingerprint density at radius 1 is 0.806 bits per heavy atom. The van der Waals surface area contributed by atoms with Crippen LogP contribution in [0.25, 0.3) is 0 Å². The van der Waals surface area contributed by atoms with E-state index in [2.05, 4.69) is 56.7 Å². The molecular formula is C29H35N5O2. The largest absolute Gasteiger partial charge is 0.436 e. The van der Waals surface area contributed by atoms with Crippen LogP contribution in [0.4, 0.5) is 11.5 Å². The van der Waals surface area contributed by atoms with Crippen LogP contribution in [0.5, 0.6) is 11.6 Å². The highest BCUT2D eigenvalue weighted by atomic mass is 16.5. The lowest BCUT2D eigenvalue weighted by atomic mass is 9.95. The highest BCUT2D eigenvalue weighted by molar-refractivity contribution is 5.79. The topological polar surface area (TPSA) is 61.8 Å². The van der Waals surface area contributed by atoms with Gasteiger partial charge in [0.05, 0.1) is 0 Å². The van der Waals surface area contributed by atoms with Gasteiger partial charge in [0.1, 0.15) is 5.75 Å². The van der Waals surface area contributed by atoms with E-state index in [1.54, 1.807) is 12.4 Å². The molecule has 7 heteroatoms. The van der Waals surface area contributed by atoms with Crippen LogP contribution in [0.1, 0.15) is 29.5 Å². The normalized spacial score (nSPS) is 16.8. The zero-order chi connectivity index (χ0) is 25.1. The van der Waals surface area contributed by atoms with Gasteiger partial charge in [-0.3, -0.25) is 4.79 Å². The third-order valence-corrected chi connectivity index (χ3v) is 7.60. The first-order valence-electron chi connectivity index (χ1n) is 12.9. The van der Waals surface area contributed by atoms with E-state index >= 15 is 0 Å². The zero-order valence-corrected chi connectivity index (χ0v) is 21.5. The second-order valence-electron chi connectivity index (χ2n) is 9.85. The Labute approximate surface area is 213 Å². The number of hydrogen-bond acceptors (Lipinski definition) is 6. The van der Waals surface area contributed by atoms with E-state index in [-0.39, 0.29) is 5.92 Å². The molecule has 5 rings (SSSR count). The maximum atomic E-state index is 13.3. The predicted octanol–water partition coefficient (Wildman–Crippen LogP) is 4.76. The molecule has 0 radical (unpaired) electrons. The van der Waals surface area contributed by atoms with Gasteiger partial charge >= 0.3 is 0 Å². The first-order chi connectivity index (χ1) is 17.5. The molecule has 0 aliphatic carbocycles. The van der Waals surface area contributed by atoms with E-state index in [4.69, 9.17) is 4.74 Å². The number of carbonyl (C=O) groups excluding carboxylic acids is 1. The van der Waals surface area contributed by atoms with Crippen molar-refractivity contribution in [2.24, 2.45) is 5.92 Å². The van der Waals surface area contributed by atoms with Crippen LogP contribution >= 0.6 is 0 Å². The van der Waals surface area contributed by atoms with E-state index < -0.39 is 0 Å². The first kappa shape index (κ1) is 24.1. The Bertz CT molecular complexity index is 1210. The van der Waals surface area contributed by atoms with Crippen molar-refractivity contribution < 1.29 is 9.53 Å². The molecule has 0 bridgehead atoms. The standard InChI is InChI=1S/C29H35N5O2/c1-21-8-6-9-25(23(21)3)32-17-19-34(20-18-32)29(35)24-11-15-33(16-12-24)27-28(31-14-13-30-27)36-26-10-5-4-7-22(26)2/h4-10,13-14,24H,11-12,15-20H2,1-3H3. The summed E-state index contributed by atoms with van der Waals surface area (Å²) in [7, 11) is 0. The molecule has 0 unspecified atom stereocenters. The first-order valence-corrected chi connectivity index (χ1v) is 12.9. The molecule has 1 aromatic heterocycles. The van der Waals surface area contributed by atoms with Crippen LogP contribution in [0, 0.1) is 26.7 Å². The van der Waals surface area contributed by atoms with Gasteiger partial charge in [-0.15, -0.1) is 0 Å². The number of piperidine rings is 1. The minimum atomic E-state index is 0.0610. The Balaban J connectivity index is 1.17. The van der Waals surface area contributed by atoms with Gasteiger partial charge in [0.15, 0.2) is 5.82 Å². The van der Waals surface area contributed by atoms with Crippen LogP contribution in [-0.2, 0) is 4.79 Å². The van der Waals surface area contributed by atoms with Crippen LogP contribution in [0.3, 0.4) is 0 Å². The molecule has 36 heavy (non-hydrogen) atoms. The second-order valence-corrected chi connectivity index (χ2v) is 9.85. The molecule has 2 aliphatic heterocycles.